The van der Waals surface area contributed by atoms with Crippen molar-refractivity contribution in [2.45, 2.75) is 0 Å². The summed E-state index contributed by atoms with van der Waals surface area (Å²) in [6.45, 7) is 0. The molecule has 0 aliphatic rings. The maximum absolute atomic E-state index is 8.63. The first-order chi connectivity index (χ1) is 30.9. The molecule has 0 N–H and O–H groups in total. The highest BCUT2D eigenvalue weighted by Gasteiger charge is 2.19. The molecule has 0 spiro atoms. The molecule has 1 aromatic heterocycles. The van der Waals surface area contributed by atoms with Gasteiger partial charge in [-0.05, 0) is 92.7 Å². The van der Waals surface area contributed by atoms with E-state index in [-0.39, 0.29) is 29.7 Å². The summed E-state index contributed by atoms with van der Waals surface area (Å²) in [4.78, 5) is 2.23. The van der Waals surface area contributed by atoms with Crippen LogP contribution in [0.2, 0.25) is 0 Å². The summed E-state index contributed by atoms with van der Waals surface area (Å²) in [6, 6.07) is 68.4. The van der Waals surface area contributed by atoms with Crippen molar-refractivity contribution < 1.29 is 6.85 Å². The minimum atomic E-state index is -0.405. The summed E-state index contributed by atoms with van der Waals surface area (Å²) in [5, 5.41) is 6.96. The van der Waals surface area contributed by atoms with Crippen molar-refractivity contribution in [2.75, 3.05) is 4.90 Å². The lowest BCUT2D eigenvalue weighted by atomic mass is 9.95. The van der Waals surface area contributed by atoms with Crippen LogP contribution in [0.1, 0.15) is 6.85 Å². The molecule has 58 heavy (non-hydrogen) atoms. The van der Waals surface area contributed by atoms with Crippen LogP contribution in [0, 0.1) is 0 Å². The van der Waals surface area contributed by atoms with Gasteiger partial charge in [-0.3, -0.25) is 0 Å². The first kappa shape index (κ1) is 28.7. The molecule has 0 bridgehead atoms. The highest BCUT2D eigenvalue weighted by Crippen LogP contribution is 2.43. The molecular weight excluding hydrogens is 701 g/mol. The van der Waals surface area contributed by atoms with Crippen LogP contribution in [0.15, 0.2) is 230 Å². The second-order valence-corrected chi connectivity index (χ2v) is 14.6. The lowest BCUT2D eigenvalue weighted by molar-refractivity contribution is 1.20. The van der Waals surface area contributed by atoms with Gasteiger partial charge in [-0.2, -0.15) is 0 Å². The smallest absolute Gasteiger partial charge is 0.0629 e. The molecule has 10 aromatic carbocycles. The molecule has 2 nitrogen and oxygen atoms in total. The SMILES string of the molecule is [2H]c1c([2H])c([2H])c(-c2ccc(N(c3ccc(-c4ccccc4)cc3)c3cccc4c(-c5ccc6c7ccccc7n(-c7cccc8ccccc78)c6c5)cccc34)cc2)c([2H])c1[2H]. The predicted octanol–water partition coefficient (Wildman–Crippen LogP) is 15.6. The lowest BCUT2D eigenvalue weighted by Crippen LogP contribution is -2.10. The van der Waals surface area contributed by atoms with Gasteiger partial charge in [-0.15, -0.1) is 0 Å². The average Bonchev–Trinajstić information content (AvgIpc) is 3.67. The number of hydrogen-bond donors (Lipinski definition) is 0. The Morgan fingerprint density at radius 3 is 1.72 bits per heavy atom. The van der Waals surface area contributed by atoms with Gasteiger partial charge in [-0.1, -0.05) is 182 Å². The molecule has 0 unspecified atom stereocenters. The van der Waals surface area contributed by atoms with Crippen molar-refractivity contribution in [2.24, 2.45) is 0 Å². The van der Waals surface area contributed by atoms with Crippen LogP contribution in [0.25, 0.3) is 82.4 Å². The Hall–Kier alpha value is -7.68. The number of rotatable bonds is 7. The second kappa shape index (κ2) is 14.1. The fourth-order valence-electron chi connectivity index (χ4n) is 8.57. The highest BCUT2D eigenvalue weighted by atomic mass is 15.1. The van der Waals surface area contributed by atoms with E-state index < -0.39 is 6.04 Å². The molecular formula is C56H38N2. The Labute approximate surface area is 345 Å². The first-order valence-corrected chi connectivity index (χ1v) is 19.5. The lowest BCUT2D eigenvalue weighted by Gasteiger charge is -2.27. The fraction of sp³-hybridized carbons (Fsp3) is 0. The van der Waals surface area contributed by atoms with Crippen molar-refractivity contribution in [3.8, 4) is 39.1 Å². The minimum absolute atomic E-state index is 0.178. The van der Waals surface area contributed by atoms with Gasteiger partial charge in [0, 0.05) is 32.9 Å². The molecule has 0 saturated carbocycles. The Bertz CT molecular complexity index is 3530. The third-order valence-electron chi connectivity index (χ3n) is 11.3. The number of benzene rings is 10. The summed E-state index contributed by atoms with van der Waals surface area (Å²) in [6.07, 6.45) is 0. The van der Waals surface area contributed by atoms with E-state index in [0.29, 0.717) is 5.56 Å². The van der Waals surface area contributed by atoms with E-state index in [4.69, 9.17) is 6.85 Å². The number of fused-ring (bicyclic) bond motifs is 5. The van der Waals surface area contributed by atoms with Crippen LogP contribution in [-0.4, -0.2) is 4.57 Å². The Balaban J connectivity index is 1.08. The van der Waals surface area contributed by atoms with Gasteiger partial charge >= 0.3 is 0 Å². The van der Waals surface area contributed by atoms with Crippen molar-refractivity contribution in [3.05, 3.63) is 230 Å². The van der Waals surface area contributed by atoms with Gasteiger partial charge in [0.25, 0.3) is 0 Å². The van der Waals surface area contributed by atoms with Crippen molar-refractivity contribution in [1.29, 1.82) is 0 Å². The van der Waals surface area contributed by atoms with E-state index in [9.17, 15) is 0 Å². The summed E-state index contributed by atoms with van der Waals surface area (Å²) in [7, 11) is 0. The van der Waals surface area contributed by atoms with E-state index in [1.54, 1.807) is 0 Å². The number of para-hydroxylation sites is 1. The summed E-state index contributed by atoms with van der Waals surface area (Å²) in [5.41, 5.74) is 11.4. The topological polar surface area (TPSA) is 8.17 Å². The molecule has 1 heterocycles. The van der Waals surface area contributed by atoms with Crippen LogP contribution in [-0.2, 0) is 0 Å². The van der Waals surface area contributed by atoms with Crippen molar-refractivity contribution in [3.63, 3.8) is 0 Å². The van der Waals surface area contributed by atoms with Crippen LogP contribution in [0.5, 0.6) is 0 Å². The largest absolute Gasteiger partial charge is 0.310 e. The molecule has 0 saturated heterocycles. The number of anilines is 3. The molecule has 0 amide bonds. The predicted molar refractivity (Wildman–Crippen MR) is 247 cm³/mol. The quantitative estimate of drug-likeness (QED) is 0.158. The van der Waals surface area contributed by atoms with Gasteiger partial charge in [0.1, 0.15) is 0 Å². The summed E-state index contributed by atoms with van der Waals surface area (Å²) in [5.74, 6) is 0. The summed E-state index contributed by atoms with van der Waals surface area (Å²) < 4.78 is 44.3. The van der Waals surface area contributed by atoms with Gasteiger partial charge in [-0.25, -0.2) is 0 Å². The standard InChI is InChI=1S/C56H38N2/c1-3-14-39(15-4-1)41-28-33-45(34-29-41)57(46-35-30-42(31-36-46)40-16-5-2-6-17-40)54-27-13-23-49-47(22-12-24-50(49)54)44-32-37-52-51-21-9-10-25-55(51)58(56(52)38-44)53-26-11-19-43-18-7-8-20-48(43)53/h1-38H/i1D,3D,4D,14D,15D. The Morgan fingerprint density at radius 2 is 0.931 bits per heavy atom. The van der Waals surface area contributed by atoms with E-state index in [1.807, 2.05) is 42.5 Å². The first-order valence-electron chi connectivity index (χ1n) is 22.0. The summed E-state index contributed by atoms with van der Waals surface area (Å²) >= 11 is 0. The molecule has 2 heteroatoms. The maximum atomic E-state index is 8.63. The number of aromatic nitrogens is 1. The minimum Gasteiger partial charge on any atom is -0.310 e. The van der Waals surface area contributed by atoms with Crippen molar-refractivity contribution >= 4 is 60.4 Å². The molecule has 0 fully saturated rings. The normalized spacial score (nSPS) is 12.7. The molecule has 0 aliphatic heterocycles. The van der Waals surface area contributed by atoms with Gasteiger partial charge in [0.05, 0.1) is 29.3 Å². The third-order valence-corrected chi connectivity index (χ3v) is 11.3. The van der Waals surface area contributed by atoms with E-state index in [2.05, 4.69) is 167 Å². The molecule has 11 aromatic rings. The molecule has 0 atom stereocenters. The maximum Gasteiger partial charge on any atom is 0.0629 e. The molecule has 0 radical (unpaired) electrons. The van der Waals surface area contributed by atoms with Gasteiger partial charge < -0.3 is 9.47 Å². The Morgan fingerprint density at radius 1 is 0.362 bits per heavy atom. The average molecular weight is 744 g/mol. The van der Waals surface area contributed by atoms with Crippen LogP contribution < -0.4 is 4.90 Å². The molecule has 272 valence electrons. The number of nitrogens with zero attached hydrogens (tertiary/aromatic N) is 2. The van der Waals surface area contributed by atoms with Crippen LogP contribution >= 0.6 is 0 Å². The molecule has 11 rings (SSSR count). The zero-order valence-electron chi connectivity index (χ0n) is 36.4. The van der Waals surface area contributed by atoms with Gasteiger partial charge in [0.2, 0.25) is 0 Å². The van der Waals surface area contributed by atoms with E-state index >= 15 is 0 Å². The zero-order valence-corrected chi connectivity index (χ0v) is 31.4. The van der Waals surface area contributed by atoms with E-state index in [0.717, 1.165) is 66.8 Å². The van der Waals surface area contributed by atoms with Crippen molar-refractivity contribution in [1.82, 2.24) is 4.57 Å². The Kier molecular flexibility index (Phi) is 6.98. The monoisotopic (exact) mass is 743 g/mol. The zero-order chi connectivity index (χ0) is 42.8. The molecule has 0 aliphatic carbocycles. The third kappa shape index (κ3) is 5.74. The van der Waals surface area contributed by atoms with E-state index in [1.165, 1.54) is 21.5 Å². The fourth-order valence-corrected chi connectivity index (χ4v) is 8.57. The highest BCUT2D eigenvalue weighted by molar-refractivity contribution is 6.13. The van der Waals surface area contributed by atoms with Gasteiger partial charge in [0.15, 0.2) is 0 Å². The van der Waals surface area contributed by atoms with Crippen LogP contribution in [0.3, 0.4) is 0 Å². The second-order valence-electron chi connectivity index (χ2n) is 14.6. The number of hydrogen-bond acceptors (Lipinski definition) is 1. The van der Waals surface area contributed by atoms with Crippen LogP contribution in [0.4, 0.5) is 17.1 Å².